The van der Waals surface area contributed by atoms with Gasteiger partial charge in [0.15, 0.2) is 0 Å². The van der Waals surface area contributed by atoms with Crippen LogP contribution < -0.4 is 5.32 Å². The van der Waals surface area contributed by atoms with Gasteiger partial charge in [-0.2, -0.15) is 0 Å². The van der Waals surface area contributed by atoms with Crippen LogP contribution in [0.15, 0.2) is 10.8 Å². The van der Waals surface area contributed by atoms with Gasteiger partial charge in [-0.3, -0.25) is 0 Å². The summed E-state index contributed by atoms with van der Waals surface area (Å²) < 4.78 is 5.05. The minimum Gasteiger partial charge on any atom is -0.426 e. The molecule has 1 aromatic heterocycles. The number of hydrogen-bond donors (Lipinski definition) is 1. The first-order chi connectivity index (χ1) is 5.38. The van der Waals surface area contributed by atoms with E-state index in [9.17, 15) is 0 Å². The topological polar surface area (TPSA) is 51.0 Å². The molecule has 62 valence electrons. The molecule has 0 spiro atoms. The fourth-order valence-electron chi connectivity index (χ4n) is 0.986. The molecule has 0 saturated heterocycles. The quantitative estimate of drug-likeness (QED) is 0.708. The van der Waals surface area contributed by atoms with E-state index in [0.29, 0.717) is 5.89 Å². The highest BCUT2D eigenvalue weighted by molar-refractivity contribution is 4.84. The molecule has 1 N–H and O–H groups in total. The smallest absolute Gasteiger partial charge is 0.233 e. The highest BCUT2D eigenvalue weighted by Gasteiger charge is 2.11. The molecule has 1 aromatic rings. The Kier molecular flexibility index (Phi) is 3.04. The van der Waals surface area contributed by atoms with E-state index in [1.54, 1.807) is 0 Å². The summed E-state index contributed by atoms with van der Waals surface area (Å²) in [6, 6.07) is 0.211. The highest BCUT2D eigenvalue weighted by atomic mass is 16.4. The Morgan fingerprint density at radius 2 is 2.45 bits per heavy atom. The predicted molar refractivity (Wildman–Crippen MR) is 41.0 cm³/mol. The van der Waals surface area contributed by atoms with Crippen molar-refractivity contribution >= 4 is 0 Å². The molecule has 1 heterocycles. The van der Waals surface area contributed by atoms with E-state index in [1.165, 1.54) is 6.39 Å². The molecule has 1 unspecified atom stereocenters. The summed E-state index contributed by atoms with van der Waals surface area (Å²) in [6.07, 6.45) is 2.32. The molecule has 0 aliphatic carbocycles. The SMILES string of the molecule is CCNC(CC)c1nnco1. The minimum absolute atomic E-state index is 0.211. The molecule has 0 amide bonds. The van der Waals surface area contributed by atoms with Crippen molar-refractivity contribution in [2.75, 3.05) is 6.54 Å². The monoisotopic (exact) mass is 155 g/mol. The van der Waals surface area contributed by atoms with E-state index in [2.05, 4.69) is 29.4 Å². The molecule has 0 saturated carbocycles. The van der Waals surface area contributed by atoms with Crippen molar-refractivity contribution in [3.8, 4) is 0 Å². The van der Waals surface area contributed by atoms with Crippen LogP contribution in [0.4, 0.5) is 0 Å². The summed E-state index contributed by atoms with van der Waals surface area (Å²) in [5.41, 5.74) is 0. The van der Waals surface area contributed by atoms with Crippen molar-refractivity contribution in [3.63, 3.8) is 0 Å². The van der Waals surface area contributed by atoms with E-state index in [1.807, 2.05) is 0 Å². The summed E-state index contributed by atoms with van der Waals surface area (Å²) in [7, 11) is 0. The summed E-state index contributed by atoms with van der Waals surface area (Å²) in [4.78, 5) is 0. The summed E-state index contributed by atoms with van der Waals surface area (Å²) >= 11 is 0. The average Bonchev–Trinajstić information content (AvgIpc) is 2.52. The van der Waals surface area contributed by atoms with Gasteiger partial charge in [0.2, 0.25) is 12.3 Å². The van der Waals surface area contributed by atoms with Crippen LogP contribution in [0.5, 0.6) is 0 Å². The summed E-state index contributed by atoms with van der Waals surface area (Å²) in [6.45, 7) is 5.05. The lowest BCUT2D eigenvalue weighted by Gasteiger charge is -2.09. The highest BCUT2D eigenvalue weighted by Crippen LogP contribution is 2.11. The Labute approximate surface area is 66.0 Å². The van der Waals surface area contributed by atoms with Gasteiger partial charge in [-0.05, 0) is 13.0 Å². The molecule has 0 aliphatic rings. The first kappa shape index (κ1) is 8.20. The Balaban J connectivity index is 2.56. The van der Waals surface area contributed by atoms with E-state index in [4.69, 9.17) is 4.42 Å². The molecule has 0 bridgehead atoms. The molecule has 0 fully saturated rings. The van der Waals surface area contributed by atoms with Crippen molar-refractivity contribution in [1.29, 1.82) is 0 Å². The lowest BCUT2D eigenvalue weighted by Crippen LogP contribution is -2.20. The fourth-order valence-corrected chi connectivity index (χ4v) is 0.986. The van der Waals surface area contributed by atoms with Gasteiger partial charge in [0, 0.05) is 0 Å². The number of hydrogen-bond acceptors (Lipinski definition) is 4. The van der Waals surface area contributed by atoms with E-state index >= 15 is 0 Å². The Bertz CT molecular complexity index is 186. The van der Waals surface area contributed by atoms with Gasteiger partial charge in [-0.1, -0.05) is 13.8 Å². The minimum atomic E-state index is 0.211. The third kappa shape index (κ3) is 2.01. The van der Waals surface area contributed by atoms with Crippen molar-refractivity contribution in [2.45, 2.75) is 26.3 Å². The molecule has 0 radical (unpaired) electrons. The number of nitrogens with one attached hydrogen (secondary N) is 1. The first-order valence-electron chi connectivity index (χ1n) is 3.87. The van der Waals surface area contributed by atoms with Gasteiger partial charge in [-0.25, -0.2) is 0 Å². The Hall–Kier alpha value is -0.900. The second-order valence-corrected chi connectivity index (χ2v) is 2.30. The molecule has 0 aliphatic heterocycles. The zero-order chi connectivity index (χ0) is 8.10. The van der Waals surface area contributed by atoms with Gasteiger partial charge in [0.25, 0.3) is 0 Å². The van der Waals surface area contributed by atoms with E-state index < -0.39 is 0 Å². The van der Waals surface area contributed by atoms with Gasteiger partial charge < -0.3 is 9.73 Å². The van der Waals surface area contributed by atoms with Crippen LogP contribution in [-0.2, 0) is 0 Å². The molecular weight excluding hydrogens is 142 g/mol. The van der Waals surface area contributed by atoms with Gasteiger partial charge in [-0.15, -0.1) is 10.2 Å². The van der Waals surface area contributed by atoms with Gasteiger partial charge in [0.05, 0.1) is 6.04 Å². The van der Waals surface area contributed by atoms with Crippen molar-refractivity contribution in [2.24, 2.45) is 0 Å². The second-order valence-electron chi connectivity index (χ2n) is 2.30. The fraction of sp³-hybridized carbons (Fsp3) is 0.714. The van der Waals surface area contributed by atoms with Crippen LogP contribution in [0.25, 0.3) is 0 Å². The van der Waals surface area contributed by atoms with E-state index in [-0.39, 0.29) is 6.04 Å². The molecule has 4 heteroatoms. The predicted octanol–water partition coefficient (Wildman–Crippen LogP) is 1.13. The van der Waals surface area contributed by atoms with Crippen LogP contribution >= 0.6 is 0 Å². The van der Waals surface area contributed by atoms with Gasteiger partial charge >= 0.3 is 0 Å². The van der Waals surface area contributed by atoms with Gasteiger partial charge in [0.1, 0.15) is 0 Å². The molecule has 0 aromatic carbocycles. The average molecular weight is 155 g/mol. The van der Waals surface area contributed by atoms with Crippen LogP contribution in [0, 0.1) is 0 Å². The largest absolute Gasteiger partial charge is 0.426 e. The standard InChI is InChI=1S/C7H13N3O/c1-3-6(8-4-2)7-10-9-5-11-7/h5-6,8H,3-4H2,1-2H3. The van der Waals surface area contributed by atoms with Crippen LogP contribution in [0.1, 0.15) is 32.2 Å². The maximum absolute atomic E-state index is 5.05. The number of aromatic nitrogens is 2. The zero-order valence-corrected chi connectivity index (χ0v) is 6.87. The Morgan fingerprint density at radius 3 is 2.91 bits per heavy atom. The third-order valence-electron chi connectivity index (χ3n) is 1.53. The Morgan fingerprint density at radius 1 is 1.64 bits per heavy atom. The number of nitrogens with zero attached hydrogens (tertiary/aromatic N) is 2. The summed E-state index contributed by atoms with van der Waals surface area (Å²) in [5.74, 6) is 0.675. The van der Waals surface area contributed by atoms with E-state index in [0.717, 1.165) is 13.0 Å². The molecular formula is C7H13N3O. The van der Waals surface area contributed by atoms with Crippen LogP contribution in [-0.4, -0.2) is 16.7 Å². The first-order valence-corrected chi connectivity index (χ1v) is 3.87. The maximum atomic E-state index is 5.05. The maximum Gasteiger partial charge on any atom is 0.233 e. The third-order valence-corrected chi connectivity index (χ3v) is 1.53. The molecule has 1 rings (SSSR count). The zero-order valence-electron chi connectivity index (χ0n) is 6.87. The summed E-state index contributed by atoms with van der Waals surface area (Å²) in [5, 5.41) is 10.7. The van der Waals surface area contributed by atoms with Crippen molar-refractivity contribution in [1.82, 2.24) is 15.5 Å². The van der Waals surface area contributed by atoms with Crippen molar-refractivity contribution < 1.29 is 4.42 Å². The molecule has 1 atom stereocenters. The van der Waals surface area contributed by atoms with Crippen LogP contribution in [0.2, 0.25) is 0 Å². The lowest BCUT2D eigenvalue weighted by molar-refractivity contribution is 0.396. The molecule has 11 heavy (non-hydrogen) atoms. The lowest BCUT2D eigenvalue weighted by atomic mass is 10.2. The van der Waals surface area contributed by atoms with Crippen molar-refractivity contribution in [3.05, 3.63) is 12.3 Å². The number of rotatable bonds is 4. The second kappa shape index (κ2) is 4.08. The molecule has 4 nitrogen and oxygen atoms in total. The normalized spacial score (nSPS) is 13.3. The van der Waals surface area contributed by atoms with Crippen LogP contribution in [0.3, 0.4) is 0 Å².